The SMILES string of the molecule is CCNC(Cc1ccccc1C)c1cccnc1C. The number of nitrogens with zero attached hydrogens (tertiary/aromatic N) is 1. The summed E-state index contributed by atoms with van der Waals surface area (Å²) in [6.45, 7) is 7.37. The fourth-order valence-electron chi connectivity index (χ4n) is 2.46. The predicted molar refractivity (Wildman–Crippen MR) is 80.3 cm³/mol. The second kappa shape index (κ2) is 6.48. The summed E-state index contributed by atoms with van der Waals surface area (Å²) in [6, 6.07) is 13.1. The normalized spacial score (nSPS) is 12.4. The molecule has 19 heavy (non-hydrogen) atoms. The highest BCUT2D eigenvalue weighted by Crippen LogP contribution is 2.22. The first-order chi connectivity index (χ1) is 9.22. The van der Waals surface area contributed by atoms with E-state index >= 15 is 0 Å². The molecule has 0 spiro atoms. The largest absolute Gasteiger partial charge is 0.310 e. The van der Waals surface area contributed by atoms with Crippen molar-refractivity contribution in [2.24, 2.45) is 0 Å². The summed E-state index contributed by atoms with van der Waals surface area (Å²) in [7, 11) is 0. The van der Waals surface area contributed by atoms with Crippen molar-refractivity contribution in [3.05, 3.63) is 65.0 Å². The zero-order valence-electron chi connectivity index (χ0n) is 12.0. The van der Waals surface area contributed by atoms with E-state index in [4.69, 9.17) is 0 Å². The minimum atomic E-state index is 0.333. The molecular weight excluding hydrogens is 232 g/mol. The van der Waals surface area contributed by atoms with E-state index in [-0.39, 0.29) is 0 Å². The van der Waals surface area contributed by atoms with Gasteiger partial charge in [-0.25, -0.2) is 0 Å². The Labute approximate surface area is 115 Å². The molecule has 0 saturated heterocycles. The Morgan fingerprint density at radius 3 is 2.58 bits per heavy atom. The molecule has 0 aliphatic rings. The monoisotopic (exact) mass is 254 g/mol. The molecule has 1 N–H and O–H groups in total. The van der Waals surface area contributed by atoms with Crippen LogP contribution in [0, 0.1) is 13.8 Å². The molecule has 1 aromatic heterocycles. The smallest absolute Gasteiger partial charge is 0.0420 e. The van der Waals surface area contributed by atoms with Crippen molar-refractivity contribution in [1.82, 2.24) is 10.3 Å². The van der Waals surface area contributed by atoms with E-state index < -0.39 is 0 Å². The van der Waals surface area contributed by atoms with Gasteiger partial charge in [-0.3, -0.25) is 4.98 Å². The van der Waals surface area contributed by atoms with Crippen LogP contribution >= 0.6 is 0 Å². The predicted octanol–water partition coefficient (Wildman–Crippen LogP) is 3.59. The van der Waals surface area contributed by atoms with Crippen LogP contribution in [0.3, 0.4) is 0 Å². The number of hydrogen-bond acceptors (Lipinski definition) is 2. The Morgan fingerprint density at radius 1 is 1.11 bits per heavy atom. The van der Waals surface area contributed by atoms with Crippen molar-refractivity contribution < 1.29 is 0 Å². The van der Waals surface area contributed by atoms with Gasteiger partial charge in [0.25, 0.3) is 0 Å². The van der Waals surface area contributed by atoms with E-state index in [1.165, 1.54) is 16.7 Å². The van der Waals surface area contributed by atoms with E-state index in [1.54, 1.807) is 0 Å². The molecule has 2 heteroatoms. The lowest BCUT2D eigenvalue weighted by molar-refractivity contribution is 0.544. The summed E-state index contributed by atoms with van der Waals surface area (Å²) in [5.41, 5.74) is 5.17. The van der Waals surface area contributed by atoms with Crippen LogP contribution in [0.4, 0.5) is 0 Å². The van der Waals surface area contributed by atoms with Gasteiger partial charge in [0.05, 0.1) is 0 Å². The summed E-state index contributed by atoms with van der Waals surface area (Å²) in [4.78, 5) is 4.41. The number of hydrogen-bond donors (Lipinski definition) is 1. The van der Waals surface area contributed by atoms with E-state index in [2.05, 4.69) is 61.4 Å². The molecule has 0 saturated carbocycles. The lowest BCUT2D eigenvalue weighted by Gasteiger charge is -2.20. The third-order valence-electron chi connectivity index (χ3n) is 3.56. The fourth-order valence-corrected chi connectivity index (χ4v) is 2.46. The molecule has 0 radical (unpaired) electrons. The topological polar surface area (TPSA) is 24.9 Å². The first-order valence-corrected chi connectivity index (χ1v) is 6.91. The van der Waals surface area contributed by atoms with Crippen LogP contribution in [-0.4, -0.2) is 11.5 Å². The van der Waals surface area contributed by atoms with Crippen molar-refractivity contribution in [2.45, 2.75) is 33.2 Å². The zero-order valence-corrected chi connectivity index (χ0v) is 12.0. The van der Waals surface area contributed by atoms with Crippen molar-refractivity contribution in [3.63, 3.8) is 0 Å². The Kier molecular flexibility index (Phi) is 4.69. The average Bonchev–Trinajstić information content (AvgIpc) is 2.41. The molecule has 2 aromatic rings. The van der Waals surface area contributed by atoms with Gasteiger partial charge in [-0.1, -0.05) is 37.3 Å². The van der Waals surface area contributed by atoms with E-state index in [9.17, 15) is 0 Å². The Bertz CT molecular complexity index is 534. The van der Waals surface area contributed by atoms with Gasteiger partial charge in [-0.2, -0.15) is 0 Å². The van der Waals surface area contributed by atoms with E-state index in [0.29, 0.717) is 6.04 Å². The molecule has 0 amide bonds. The van der Waals surface area contributed by atoms with Gasteiger partial charge in [0.15, 0.2) is 0 Å². The first-order valence-electron chi connectivity index (χ1n) is 6.91. The van der Waals surface area contributed by atoms with Gasteiger partial charge in [0.2, 0.25) is 0 Å². The summed E-state index contributed by atoms with van der Waals surface area (Å²) in [6.07, 6.45) is 2.86. The third-order valence-corrected chi connectivity index (χ3v) is 3.56. The van der Waals surface area contributed by atoms with Gasteiger partial charge >= 0.3 is 0 Å². The molecule has 1 unspecified atom stereocenters. The minimum Gasteiger partial charge on any atom is -0.310 e. The average molecular weight is 254 g/mol. The van der Waals surface area contributed by atoms with Crippen LogP contribution in [0.15, 0.2) is 42.6 Å². The Morgan fingerprint density at radius 2 is 1.89 bits per heavy atom. The van der Waals surface area contributed by atoms with Gasteiger partial charge in [0, 0.05) is 17.9 Å². The molecule has 0 aliphatic carbocycles. The summed E-state index contributed by atoms with van der Waals surface area (Å²) >= 11 is 0. The van der Waals surface area contributed by atoms with Crippen molar-refractivity contribution >= 4 is 0 Å². The molecule has 0 aliphatic heterocycles. The molecule has 1 atom stereocenters. The van der Waals surface area contributed by atoms with Gasteiger partial charge in [-0.15, -0.1) is 0 Å². The first kappa shape index (κ1) is 13.8. The van der Waals surface area contributed by atoms with Crippen LogP contribution in [-0.2, 0) is 6.42 Å². The maximum Gasteiger partial charge on any atom is 0.0420 e. The van der Waals surface area contributed by atoms with Crippen LogP contribution in [0.1, 0.15) is 35.3 Å². The maximum absolute atomic E-state index is 4.41. The molecule has 1 aromatic carbocycles. The van der Waals surface area contributed by atoms with Crippen molar-refractivity contribution in [3.8, 4) is 0 Å². The summed E-state index contributed by atoms with van der Waals surface area (Å²) in [5, 5.41) is 3.58. The zero-order chi connectivity index (χ0) is 13.7. The molecule has 100 valence electrons. The highest BCUT2D eigenvalue weighted by atomic mass is 14.9. The van der Waals surface area contributed by atoms with E-state index in [1.807, 2.05) is 12.3 Å². The van der Waals surface area contributed by atoms with Crippen molar-refractivity contribution in [2.75, 3.05) is 6.54 Å². The number of likely N-dealkylation sites (N-methyl/N-ethyl adjacent to an activating group) is 1. The van der Waals surface area contributed by atoms with Gasteiger partial charge < -0.3 is 5.32 Å². The number of pyridine rings is 1. The fraction of sp³-hybridized carbons (Fsp3) is 0.353. The number of aromatic nitrogens is 1. The molecule has 2 rings (SSSR count). The van der Waals surface area contributed by atoms with Crippen LogP contribution in [0.5, 0.6) is 0 Å². The van der Waals surface area contributed by atoms with E-state index in [0.717, 1.165) is 18.7 Å². The number of benzene rings is 1. The molecule has 1 heterocycles. The quantitative estimate of drug-likeness (QED) is 0.882. The van der Waals surface area contributed by atoms with Crippen LogP contribution in [0.2, 0.25) is 0 Å². The summed E-state index contributed by atoms with van der Waals surface area (Å²) in [5.74, 6) is 0. The van der Waals surface area contributed by atoms with Crippen LogP contribution < -0.4 is 5.32 Å². The summed E-state index contributed by atoms with van der Waals surface area (Å²) < 4.78 is 0. The van der Waals surface area contributed by atoms with Crippen LogP contribution in [0.25, 0.3) is 0 Å². The molecule has 0 fully saturated rings. The molecule has 0 bridgehead atoms. The highest BCUT2D eigenvalue weighted by molar-refractivity contribution is 5.30. The van der Waals surface area contributed by atoms with Crippen molar-refractivity contribution in [1.29, 1.82) is 0 Å². The van der Waals surface area contributed by atoms with Gasteiger partial charge in [0.1, 0.15) is 0 Å². The number of rotatable bonds is 5. The highest BCUT2D eigenvalue weighted by Gasteiger charge is 2.14. The Hall–Kier alpha value is -1.67. The number of nitrogens with one attached hydrogen (secondary N) is 1. The molecular formula is C17H22N2. The second-order valence-corrected chi connectivity index (χ2v) is 4.92. The lowest BCUT2D eigenvalue weighted by atomic mass is 9.95. The lowest BCUT2D eigenvalue weighted by Crippen LogP contribution is -2.24. The third kappa shape index (κ3) is 3.42. The second-order valence-electron chi connectivity index (χ2n) is 4.92. The van der Waals surface area contributed by atoms with Gasteiger partial charge in [-0.05, 0) is 49.6 Å². The minimum absolute atomic E-state index is 0.333. The molecule has 2 nitrogen and oxygen atoms in total. The maximum atomic E-state index is 4.41. The standard InChI is InChI=1S/C17H22N2/c1-4-18-17(16-10-7-11-19-14(16)3)12-15-9-6-5-8-13(15)2/h5-11,17-18H,4,12H2,1-3H3. The Balaban J connectivity index is 2.27. The number of aryl methyl sites for hydroxylation is 2.